The zero-order chi connectivity index (χ0) is 21.3. The van der Waals surface area contributed by atoms with Crippen LogP contribution >= 0.6 is 12.2 Å². The minimum absolute atomic E-state index is 0.0710. The SMILES string of the molecule is CC(C)CN1C(=S)N[C@H](c2ccccn2)[C@H]1c1cccn1-c1cccc(C(=O)O)c1. The first-order chi connectivity index (χ1) is 14.5. The Morgan fingerprint density at radius 3 is 2.73 bits per heavy atom. The van der Waals surface area contributed by atoms with Crippen LogP contribution in [0, 0.1) is 5.92 Å². The summed E-state index contributed by atoms with van der Waals surface area (Å²) in [6, 6.07) is 16.7. The van der Waals surface area contributed by atoms with Crippen LogP contribution in [0.5, 0.6) is 0 Å². The third-order valence-corrected chi connectivity index (χ3v) is 5.57. The molecule has 0 bridgehead atoms. The summed E-state index contributed by atoms with van der Waals surface area (Å²) < 4.78 is 2.04. The van der Waals surface area contributed by atoms with Gasteiger partial charge in [0.1, 0.15) is 0 Å². The number of carboxylic acids is 1. The van der Waals surface area contributed by atoms with E-state index in [0.29, 0.717) is 11.0 Å². The molecule has 2 aromatic heterocycles. The summed E-state index contributed by atoms with van der Waals surface area (Å²) in [5.74, 6) is -0.518. The van der Waals surface area contributed by atoms with Crippen LogP contribution in [0.4, 0.5) is 0 Å². The lowest BCUT2D eigenvalue weighted by atomic mass is 10.0. The third kappa shape index (κ3) is 3.80. The van der Waals surface area contributed by atoms with Gasteiger partial charge in [-0.05, 0) is 60.6 Å². The number of pyridine rings is 1. The van der Waals surface area contributed by atoms with Crippen molar-refractivity contribution in [3.63, 3.8) is 0 Å². The molecule has 154 valence electrons. The third-order valence-electron chi connectivity index (χ3n) is 5.21. The molecule has 1 saturated heterocycles. The number of aromatic carboxylic acids is 1. The van der Waals surface area contributed by atoms with Gasteiger partial charge in [0.2, 0.25) is 0 Å². The molecule has 0 spiro atoms. The Morgan fingerprint density at radius 1 is 1.20 bits per heavy atom. The molecule has 6 nitrogen and oxygen atoms in total. The molecular weight excluding hydrogens is 396 g/mol. The quantitative estimate of drug-likeness (QED) is 0.583. The number of thiocarbonyl (C=S) groups is 1. The van der Waals surface area contributed by atoms with Gasteiger partial charge in [-0.3, -0.25) is 4.98 Å². The summed E-state index contributed by atoms with van der Waals surface area (Å²) >= 11 is 5.70. The molecule has 3 heterocycles. The van der Waals surface area contributed by atoms with Crippen molar-refractivity contribution in [1.82, 2.24) is 19.8 Å². The Bertz CT molecular complexity index is 1060. The van der Waals surface area contributed by atoms with Crippen molar-refractivity contribution in [2.24, 2.45) is 5.92 Å². The van der Waals surface area contributed by atoms with E-state index in [4.69, 9.17) is 12.2 Å². The van der Waals surface area contributed by atoms with Crippen molar-refractivity contribution in [1.29, 1.82) is 0 Å². The van der Waals surface area contributed by atoms with Gasteiger partial charge in [0, 0.05) is 30.3 Å². The highest BCUT2D eigenvalue weighted by molar-refractivity contribution is 7.80. The van der Waals surface area contributed by atoms with Gasteiger partial charge in [-0.15, -0.1) is 0 Å². The average molecular weight is 421 g/mol. The van der Waals surface area contributed by atoms with Gasteiger partial charge in [-0.25, -0.2) is 4.79 Å². The number of hydrogen-bond acceptors (Lipinski definition) is 3. The highest BCUT2D eigenvalue weighted by atomic mass is 32.1. The van der Waals surface area contributed by atoms with Crippen molar-refractivity contribution in [3.05, 3.63) is 83.9 Å². The Morgan fingerprint density at radius 2 is 2.03 bits per heavy atom. The van der Waals surface area contributed by atoms with Crippen LogP contribution in [0.1, 0.15) is 47.7 Å². The largest absolute Gasteiger partial charge is 0.478 e. The molecule has 7 heteroatoms. The first-order valence-electron chi connectivity index (χ1n) is 9.94. The van der Waals surface area contributed by atoms with E-state index in [1.807, 2.05) is 41.1 Å². The molecular formula is C23H24N4O2S. The summed E-state index contributed by atoms with van der Waals surface area (Å²) in [5, 5.41) is 13.6. The van der Waals surface area contributed by atoms with Gasteiger partial charge in [0.05, 0.1) is 23.3 Å². The summed E-state index contributed by atoms with van der Waals surface area (Å²) in [6.07, 6.45) is 3.75. The van der Waals surface area contributed by atoms with Crippen LogP contribution in [0.2, 0.25) is 0 Å². The molecule has 1 aliphatic rings. The molecule has 3 aromatic rings. The summed E-state index contributed by atoms with van der Waals surface area (Å²) in [4.78, 5) is 18.3. The first kappa shape index (κ1) is 20.1. The molecule has 2 atom stereocenters. The number of nitrogens with zero attached hydrogens (tertiary/aromatic N) is 3. The second-order valence-electron chi connectivity index (χ2n) is 7.83. The normalized spacial score (nSPS) is 18.6. The zero-order valence-corrected chi connectivity index (χ0v) is 17.7. The maximum Gasteiger partial charge on any atom is 0.335 e. The minimum atomic E-state index is -0.943. The van der Waals surface area contributed by atoms with Gasteiger partial charge in [-0.1, -0.05) is 26.0 Å². The van der Waals surface area contributed by atoms with E-state index >= 15 is 0 Å². The van der Waals surface area contributed by atoms with Crippen molar-refractivity contribution < 1.29 is 9.90 Å². The number of rotatable bonds is 6. The molecule has 4 rings (SSSR count). The zero-order valence-electron chi connectivity index (χ0n) is 16.9. The van der Waals surface area contributed by atoms with Gasteiger partial charge in [-0.2, -0.15) is 0 Å². The predicted octanol–water partition coefficient (Wildman–Crippen LogP) is 4.20. The monoisotopic (exact) mass is 420 g/mol. The van der Waals surface area contributed by atoms with E-state index in [2.05, 4.69) is 35.1 Å². The van der Waals surface area contributed by atoms with E-state index in [-0.39, 0.29) is 17.6 Å². The van der Waals surface area contributed by atoms with Gasteiger partial charge in [0.15, 0.2) is 5.11 Å². The Hall–Kier alpha value is -3.19. The highest BCUT2D eigenvalue weighted by Crippen LogP contribution is 2.39. The van der Waals surface area contributed by atoms with E-state index < -0.39 is 5.97 Å². The van der Waals surface area contributed by atoms with E-state index in [1.165, 1.54) is 0 Å². The van der Waals surface area contributed by atoms with Crippen LogP contribution in [0.3, 0.4) is 0 Å². The lowest BCUT2D eigenvalue weighted by molar-refractivity contribution is 0.0697. The fraction of sp³-hybridized carbons (Fsp3) is 0.261. The van der Waals surface area contributed by atoms with Crippen LogP contribution in [0.15, 0.2) is 67.0 Å². The number of aromatic nitrogens is 2. The van der Waals surface area contributed by atoms with Crippen LogP contribution in [0.25, 0.3) is 5.69 Å². The maximum absolute atomic E-state index is 11.5. The smallest absolute Gasteiger partial charge is 0.335 e. The molecule has 0 saturated carbocycles. The molecule has 0 radical (unpaired) electrons. The fourth-order valence-corrected chi connectivity index (χ4v) is 4.29. The number of nitrogens with one attached hydrogen (secondary N) is 1. The topological polar surface area (TPSA) is 70.4 Å². The molecule has 2 N–H and O–H groups in total. The number of carbonyl (C=O) groups is 1. The van der Waals surface area contributed by atoms with Crippen LogP contribution < -0.4 is 5.32 Å². The van der Waals surface area contributed by atoms with Crippen molar-refractivity contribution in [2.75, 3.05) is 6.54 Å². The van der Waals surface area contributed by atoms with E-state index in [1.54, 1.807) is 24.4 Å². The second-order valence-corrected chi connectivity index (χ2v) is 8.22. The lowest BCUT2D eigenvalue weighted by Crippen LogP contribution is -2.33. The van der Waals surface area contributed by atoms with Crippen molar-refractivity contribution in [2.45, 2.75) is 25.9 Å². The molecule has 1 aromatic carbocycles. The minimum Gasteiger partial charge on any atom is -0.478 e. The average Bonchev–Trinajstić information content (AvgIpc) is 3.33. The van der Waals surface area contributed by atoms with Crippen molar-refractivity contribution >= 4 is 23.3 Å². The number of hydrogen-bond donors (Lipinski definition) is 2. The van der Waals surface area contributed by atoms with E-state index in [0.717, 1.165) is 23.6 Å². The van der Waals surface area contributed by atoms with Gasteiger partial charge in [0.25, 0.3) is 0 Å². The lowest BCUT2D eigenvalue weighted by Gasteiger charge is -2.30. The Balaban J connectivity index is 1.81. The highest BCUT2D eigenvalue weighted by Gasteiger charge is 2.41. The van der Waals surface area contributed by atoms with Crippen LogP contribution in [-0.2, 0) is 0 Å². The number of carboxylic acid groups (broad SMARTS) is 1. The predicted molar refractivity (Wildman–Crippen MR) is 120 cm³/mol. The molecule has 30 heavy (non-hydrogen) atoms. The summed E-state index contributed by atoms with van der Waals surface area (Å²) in [5.41, 5.74) is 3.01. The fourth-order valence-electron chi connectivity index (χ4n) is 3.98. The Kier molecular flexibility index (Phi) is 5.55. The number of benzene rings is 1. The summed E-state index contributed by atoms with van der Waals surface area (Å²) in [7, 11) is 0. The maximum atomic E-state index is 11.5. The Labute approximate surface area is 181 Å². The molecule has 0 aliphatic carbocycles. The molecule has 0 unspecified atom stereocenters. The van der Waals surface area contributed by atoms with Crippen molar-refractivity contribution in [3.8, 4) is 5.69 Å². The van der Waals surface area contributed by atoms with Crippen LogP contribution in [-0.4, -0.2) is 37.2 Å². The van der Waals surface area contributed by atoms with Gasteiger partial charge >= 0.3 is 5.97 Å². The first-order valence-corrected chi connectivity index (χ1v) is 10.4. The van der Waals surface area contributed by atoms with E-state index in [9.17, 15) is 9.90 Å². The molecule has 1 fully saturated rings. The molecule has 1 aliphatic heterocycles. The summed E-state index contributed by atoms with van der Waals surface area (Å²) in [6.45, 7) is 5.15. The van der Waals surface area contributed by atoms with Gasteiger partial charge < -0.3 is 19.9 Å². The second kappa shape index (κ2) is 8.28. The molecule has 0 amide bonds. The standard InChI is InChI=1S/C23H24N4O2S/c1-15(2)14-27-21(20(25-23(27)30)18-9-3-4-11-24-18)19-10-6-12-26(19)17-8-5-7-16(13-17)22(28)29/h3-13,15,20-21H,14H2,1-2H3,(H,25,30)(H,28,29)/t20-,21-/m1/s1.